The number of furan rings is 1. The first-order chi connectivity index (χ1) is 11.6. The van der Waals surface area contributed by atoms with Crippen molar-refractivity contribution >= 4 is 11.7 Å². The number of aryl methyl sites for hydroxylation is 1. The van der Waals surface area contributed by atoms with E-state index in [1.807, 2.05) is 13.8 Å². The first-order valence-electron chi connectivity index (χ1n) is 7.95. The van der Waals surface area contributed by atoms with Crippen molar-refractivity contribution < 1.29 is 9.21 Å². The fourth-order valence-electron chi connectivity index (χ4n) is 2.41. The molecule has 7 nitrogen and oxygen atoms in total. The zero-order valence-electron chi connectivity index (χ0n) is 14.1. The van der Waals surface area contributed by atoms with Crippen molar-refractivity contribution in [3.05, 3.63) is 41.0 Å². The van der Waals surface area contributed by atoms with E-state index in [0.717, 1.165) is 11.3 Å². The van der Waals surface area contributed by atoms with Crippen molar-refractivity contribution in [1.82, 2.24) is 15.5 Å². The molecule has 0 aromatic carbocycles. The van der Waals surface area contributed by atoms with Crippen molar-refractivity contribution in [2.45, 2.75) is 46.2 Å². The predicted molar refractivity (Wildman–Crippen MR) is 89.1 cm³/mol. The van der Waals surface area contributed by atoms with E-state index in [0.29, 0.717) is 36.5 Å². The Balaban J connectivity index is 2.09. The topological polar surface area (TPSA) is 104 Å². The second-order valence-electron chi connectivity index (χ2n) is 5.33. The molecule has 0 radical (unpaired) electrons. The summed E-state index contributed by atoms with van der Waals surface area (Å²) in [4.78, 5) is 12.2. The van der Waals surface area contributed by atoms with Gasteiger partial charge in [-0.05, 0) is 37.5 Å². The molecule has 2 N–H and O–H groups in total. The van der Waals surface area contributed by atoms with E-state index >= 15 is 0 Å². The van der Waals surface area contributed by atoms with Gasteiger partial charge in [-0.15, -0.1) is 5.10 Å². The van der Waals surface area contributed by atoms with Gasteiger partial charge in [0.1, 0.15) is 23.4 Å². The van der Waals surface area contributed by atoms with Crippen LogP contribution in [0, 0.1) is 11.3 Å². The van der Waals surface area contributed by atoms with Crippen LogP contribution in [0.15, 0.2) is 22.8 Å². The van der Waals surface area contributed by atoms with Gasteiger partial charge in [0.2, 0.25) is 5.91 Å². The third-order valence-corrected chi connectivity index (χ3v) is 3.72. The maximum absolute atomic E-state index is 12.2. The number of nitrogens with one attached hydrogen (secondary N) is 2. The van der Waals surface area contributed by atoms with Gasteiger partial charge in [-0.1, -0.05) is 13.8 Å². The van der Waals surface area contributed by atoms with E-state index < -0.39 is 6.04 Å². The zero-order chi connectivity index (χ0) is 17.5. The van der Waals surface area contributed by atoms with Crippen LogP contribution in [0.25, 0.3) is 0 Å². The molecule has 0 fully saturated rings. The van der Waals surface area contributed by atoms with Gasteiger partial charge in [0.15, 0.2) is 5.82 Å². The molecule has 0 aliphatic heterocycles. The summed E-state index contributed by atoms with van der Waals surface area (Å²) in [6.07, 6.45) is 2.96. The lowest BCUT2D eigenvalue weighted by Crippen LogP contribution is -2.37. The maximum Gasteiger partial charge on any atom is 0.242 e. The quantitative estimate of drug-likeness (QED) is 0.808. The minimum Gasteiger partial charge on any atom is -0.467 e. The van der Waals surface area contributed by atoms with Gasteiger partial charge >= 0.3 is 0 Å². The number of carbonyl (C=O) groups excluding carboxylic acids is 1. The highest BCUT2D eigenvalue weighted by atomic mass is 16.3. The van der Waals surface area contributed by atoms with Crippen LogP contribution in [-0.2, 0) is 24.2 Å². The highest BCUT2D eigenvalue weighted by Crippen LogP contribution is 2.20. The van der Waals surface area contributed by atoms with E-state index in [-0.39, 0.29) is 5.91 Å². The third-order valence-electron chi connectivity index (χ3n) is 3.72. The molecule has 2 rings (SSSR count). The molecular formula is C17H21N5O2. The highest BCUT2D eigenvalue weighted by Gasteiger charge is 2.19. The van der Waals surface area contributed by atoms with Crippen molar-refractivity contribution in [3.8, 4) is 6.07 Å². The molecule has 126 valence electrons. The molecule has 1 amide bonds. The lowest BCUT2D eigenvalue weighted by Gasteiger charge is -2.16. The Kier molecular flexibility index (Phi) is 5.90. The third kappa shape index (κ3) is 3.90. The monoisotopic (exact) mass is 327 g/mol. The van der Waals surface area contributed by atoms with E-state index in [1.165, 1.54) is 0 Å². The Hall–Kier alpha value is -2.88. The Morgan fingerprint density at radius 2 is 2.17 bits per heavy atom. The lowest BCUT2D eigenvalue weighted by molar-refractivity contribution is -0.121. The van der Waals surface area contributed by atoms with E-state index in [2.05, 4.69) is 26.9 Å². The molecule has 24 heavy (non-hydrogen) atoms. The standard InChI is InChI=1S/C17H21N5O2/c1-4-13-14(9-18)16(22-21-15(13)5-2)20-11(3)17(23)19-10-12-7-6-8-24-12/h6-8,11H,4-5,10H2,1-3H3,(H,19,23)(H,20,22). The summed E-state index contributed by atoms with van der Waals surface area (Å²) >= 11 is 0. The van der Waals surface area contributed by atoms with Crippen LogP contribution in [0.1, 0.15) is 43.4 Å². The van der Waals surface area contributed by atoms with Crippen LogP contribution in [0.4, 0.5) is 5.82 Å². The molecule has 2 aromatic heterocycles. The fraction of sp³-hybridized carbons (Fsp3) is 0.412. The van der Waals surface area contributed by atoms with E-state index in [9.17, 15) is 10.1 Å². The number of hydrogen-bond donors (Lipinski definition) is 2. The highest BCUT2D eigenvalue weighted by molar-refractivity contribution is 5.84. The molecule has 7 heteroatoms. The molecule has 0 aliphatic carbocycles. The molecule has 0 spiro atoms. The van der Waals surface area contributed by atoms with Crippen molar-refractivity contribution in [2.24, 2.45) is 0 Å². The maximum atomic E-state index is 12.2. The van der Waals surface area contributed by atoms with Crippen LogP contribution < -0.4 is 10.6 Å². The normalized spacial score (nSPS) is 11.6. The Morgan fingerprint density at radius 1 is 1.38 bits per heavy atom. The molecular weight excluding hydrogens is 306 g/mol. The molecule has 1 unspecified atom stereocenters. The number of rotatable bonds is 7. The zero-order valence-corrected chi connectivity index (χ0v) is 14.1. The number of amides is 1. The van der Waals surface area contributed by atoms with Crippen molar-refractivity contribution in [1.29, 1.82) is 5.26 Å². The van der Waals surface area contributed by atoms with Crippen molar-refractivity contribution in [2.75, 3.05) is 5.32 Å². The average Bonchev–Trinajstić information content (AvgIpc) is 3.12. The molecule has 1 atom stereocenters. The van der Waals surface area contributed by atoms with Gasteiger partial charge < -0.3 is 15.1 Å². The van der Waals surface area contributed by atoms with Crippen LogP contribution in [0.2, 0.25) is 0 Å². The van der Waals surface area contributed by atoms with Gasteiger partial charge in [-0.25, -0.2) is 0 Å². The molecule has 2 heterocycles. The van der Waals surface area contributed by atoms with Crippen molar-refractivity contribution in [3.63, 3.8) is 0 Å². The van der Waals surface area contributed by atoms with Crippen LogP contribution in [0.3, 0.4) is 0 Å². The van der Waals surface area contributed by atoms with Gasteiger partial charge in [0.05, 0.1) is 18.5 Å². The van der Waals surface area contributed by atoms with Crippen LogP contribution >= 0.6 is 0 Å². The van der Waals surface area contributed by atoms with Gasteiger partial charge in [0.25, 0.3) is 0 Å². The summed E-state index contributed by atoms with van der Waals surface area (Å²) in [6.45, 7) is 5.96. The SMILES string of the molecule is CCc1nnc(NC(C)C(=O)NCc2ccco2)c(C#N)c1CC. The number of nitrogens with zero attached hydrogens (tertiary/aromatic N) is 3. The Labute approximate surface area is 141 Å². The number of anilines is 1. The summed E-state index contributed by atoms with van der Waals surface area (Å²) in [7, 11) is 0. The summed E-state index contributed by atoms with van der Waals surface area (Å²) in [5.74, 6) is 0.801. The molecule has 0 bridgehead atoms. The number of hydrogen-bond acceptors (Lipinski definition) is 6. The second kappa shape index (κ2) is 8.11. The van der Waals surface area contributed by atoms with Gasteiger partial charge in [0, 0.05) is 0 Å². The van der Waals surface area contributed by atoms with Crippen LogP contribution in [-0.4, -0.2) is 22.1 Å². The second-order valence-corrected chi connectivity index (χ2v) is 5.33. The number of nitriles is 1. The van der Waals surface area contributed by atoms with Gasteiger partial charge in [-0.3, -0.25) is 4.79 Å². The largest absolute Gasteiger partial charge is 0.467 e. The molecule has 2 aromatic rings. The van der Waals surface area contributed by atoms with Crippen LogP contribution in [0.5, 0.6) is 0 Å². The summed E-state index contributed by atoms with van der Waals surface area (Å²) in [5.41, 5.74) is 2.14. The lowest BCUT2D eigenvalue weighted by atomic mass is 10.0. The number of aromatic nitrogens is 2. The molecule has 0 aliphatic rings. The summed E-state index contributed by atoms with van der Waals surface area (Å²) in [6, 6.07) is 5.17. The minimum absolute atomic E-state index is 0.213. The smallest absolute Gasteiger partial charge is 0.242 e. The average molecular weight is 327 g/mol. The number of carbonyl (C=O) groups is 1. The first-order valence-corrected chi connectivity index (χ1v) is 7.95. The summed E-state index contributed by atoms with van der Waals surface area (Å²) in [5, 5.41) is 23.4. The molecule has 0 saturated carbocycles. The Bertz CT molecular complexity index is 734. The molecule has 0 saturated heterocycles. The predicted octanol–water partition coefficient (Wildman–Crippen LogP) is 2.18. The Morgan fingerprint density at radius 3 is 2.75 bits per heavy atom. The first kappa shape index (κ1) is 17.5. The van der Waals surface area contributed by atoms with E-state index in [1.54, 1.807) is 25.3 Å². The minimum atomic E-state index is -0.557. The summed E-state index contributed by atoms with van der Waals surface area (Å²) < 4.78 is 5.17. The fourth-order valence-corrected chi connectivity index (χ4v) is 2.41. The van der Waals surface area contributed by atoms with Gasteiger partial charge in [-0.2, -0.15) is 10.4 Å². The van der Waals surface area contributed by atoms with E-state index in [4.69, 9.17) is 4.42 Å².